The predicted molar refractivity (Wildman–Crippen MR) is 86.0 cm³/mol. The molecule has 0 bridgehead atoms. The van der Waals surface area contributed by atoms with Crippen molar-refractivity contribution in [3.63, 3.8) is 0 Å². The Labute approximate surface area is 135 Å². The summed E-state index contributed by atoms with van der Waals surface area (Å²) in [5, 5.41) is 12.2. The second kappa shape index (κ2) is 7.15. The predicted octanol–water partition coefficient (Wildman–Crippen LogP) is 3.99. The largest absolute Gasteiger partial charge is 0.450 e. The van der Waals surface area contributed by atoms with Crippen LogP contribution in [0.2, 0.25) is 5.02 Å². The lowest BCUT2D eigenvalue weighted by Crippen LogP contribution is -2.47. The number of aliphatic hydroxyl groups is 1. The molecule has 1 unspecified atom stereocenters. The molecule has 22 heavy (non-hydrogen) atoms. The maximum atomic E-state index is 14.3. The SMILES string of the molecule is CCOC(=O)Nc1c(F)cc(N(C(C)O)C(C)(C)C)cc1Cl. The van der Waals surface area contributed by atoms with Crippen LogP contribution in [0.1, 0.15) is 34.6 Å². The molecule has 7 heteroatoms. The van der Waals surface area contributed by atoms with Crippen molar-refractivity contribution in [1.29, 1.82) is 0 Å². The van der Waals surface area contributed by atoms with Crippen molar-refractivity contribution >= 4 is 29.1 Å². The molecule has 0 spiro atoms. The molecule has 0 saturated heterocycles. The molecular formula is C15H22ClFN2O3. The molecule has 0 saturated carbocycles. The number of halogens is 2. The van der Waals surface area contributed by atoms with Crippen molar-refractivity contribution in [1.82, 2.24) is 0 Å². The number of benzene rings is 1. The summed E-state index contributed by atoms with van der Waals surface area (Å²) in [6.07, 6.45) is -1.61. The summed E-state index contributed by atoms with van der Waals surface area (Å²) in [7, 11) is 0. The molecule has 2 N–H and O–H groups in total. The first-order chi connectivity index (χ1) is 10.1. The lowest BCUT2D eigenvalue weighted by Gasteiger charge is -2.40. The molecule has 0 fully saturated rings. The van der Waals surface area contributed by atoms with Crippen molar-refractivity contribution in [3.8, 4) is 0 Å². The number of nitrogens with zero attached hydrogens (tertiary/aromatic N) is 1. The molecule has 1 aromatic rings. The van der Waals surface area contributed by atoms with Gasteiger partial charge in [-0.05, 0) is 46.8 Å². The Hall–Kier alpha value is -1.53. The Morgan fingerprint density at radius 2 is 2.09 bits per heavy atom. The lowest BCUT2D eigenvalue weighted by atomic mass is 10.0. The van der Waals surface area contributed by atoms with E-state index in [1.807, 2.05) is 20.8 Å². The van der Waals surface area contributed by atoms with Crippen LogP contribution in [-0.2, 0) is 4.74 Å². The Morgan fingerprint density at radius 3 is 2.50 bits per heavy atom. The number of nitrogens with one attached hydrogen (secondary N) is 1. The third-order valence-corrected chi connectivity index (χ3v) is 3.20. The molecule has 5 nitrogen and oxygen atoms in total. The average molecular weight is 333 g/mol. The van der Waals surface area contributed by atoms with Crippen LogP contribution >= 0.6 is 11.6 Å². The van der Waals surface area contributed by atoms with Crippen molar-refractivity contribution in [2.75, 3.05) is 16.8 Å². The molecule has 0 aliphatic carbocycles. The van der Waals surface area contributed by atoms with Crippen LogP contribution in [0.15, 0.2) is 12.1 Å². The average Bonchev–Trinajstić information content (AvgIpc) is 2.32. The highest BCUT2D eigenvalue weighted by Crippen LogP contribution is 2.34. The highest BCUT2D eigenvalue weighted by molar-refractivity contribution is 6.34. The van der Waals surface area contributed by atoms with E-state index in [1.54, 1.807) is 18.7 Å². The first-order valence-electron chi connectivity index (χ1n) is 6.98. The van der Waals surface area contributed by atoms with Gasteiger partial charge in [0.15, 0.2) is 0 Å². The van der Waals surface area contributed by atoms with Crippen molar-refractivity contribution in [2.45, 2.75) is 46.4 Å². The van der Waals surface area contributed by atoms with E-state index < -0.39 is 23.7 Å². The van der Waals surface area contributed by atoms with Gasteiger partial charge in [-0.25, -0.2) is 9.18 Å². The van der Waals surface area contributed by atoms with Crippen molar-refractivity contribution in [3.05, 3.63) is 23.0 Å². The standard InChI is InChI=1S/C15H22ClFN2O3/c1-6-22-14(21)18-13-11(16)7-10(8-12(13)17)19(9(2)20)15(3,4)5/h7-9,20H,6H2,1-5H3,(H,18,21). The summed E-state index contributed by atoms with van der Waals surface area (Å²) < 4.78 is 19.0. The molecular weight excluding hydrogens is 311 g/mol. The summed E-state index contributed by atoms with van der Waals surface area (Å²) in [6, 6.07) is 2.70. The van der Waals surface area contributed by atoms with E-state index in [1.165, 1.54) is 12.1 Å². The monoisotopic (exact) mass is 332 g/mol. The summed E-state index contributed by atoms with van der Waals surface area (Å²) in [4.78, 5) is 13.0. The van der Waals surface area contributed by atoms with Gasteiger partial charge in [-0.15, -0.1) is 0 Å². The van der Waals surface area contributed by atoms with E-state index in [4.69, 9.17) is 16.3 Å². The van der Waals surface area contributed by atoms with E-state index >= 15 is 0 Å². The fourth-order valence-electron chi connectivity index (χ4n) is 2.25. The normalized spacial score (nSPS) is 12.7. The number of rotatable bonds is 4. The fraction of sp³-hybridized carbons (Fsp3) is 0.533. The third-order valence-electron chi connectivity index (χ3n) is 2.90. The molecule has 1 aromatic carbocycles. The van der Waals surface area contributed by atoms with Crippen LogP contribution in [0.5, 0.6) is 0 Å². The minimum Gasteiger partial charge on any atom is -0.450 e. The van der Waals surface area contributed by atoms with Crippen LogP contribution in [0.4, 0.5) is 20.6 Å². The van der Waals surface area contributed by atoms with E-state index in [0.717, 1.165) is 0 Å². The molecule has 0 radical (unpaired) electrons. The Kier molecular flexibility index (Phi) is 6.02. The van der Waals surface area contributed by atoms with Gasteiger partial charge in [0, 0.05) is 11.2 Å². The van der Waals surface area contributed by atoms with E-state index in [-0.39, 0.29) is 17.3 Å². The second-order valence-electron chi connectivity index (χ2n) is 5.80. The van der Waals surface area contributed by atoms with Gasteiger partial charge in [-0.1, -0.05) is 11.6 Å². The van der Waals surface area contributed by atoms with Crippen molar-refractivity contribution in [2.24, 2.45) is 0 Å². The van der Waals surface area contributed by atoms with E-state index in [2.05, 4.69) is 5.32 Å². The van der Waals surface area contributed by atoms with Crippen molar-refractivity contribution < 1.29 is 19.0 Å². The molecule has 0 aliphatic heterocycles. The zero-order valence-electron chi connectivity index (χ0n) is 13.4. The number of hydrogen-bond acceptors (Lipinski definition) is 4. The zero-order chi connectivity index (χ0) is 17.1. The summed E-state index contributed by atoms with van der Waals surface area (Å²) >= 11 is 6.06. The van der Waals surface area contributed by atoms with Crippen LogP contribution in [-0.4, -0.2) is 29.6 Å². The quantitative estimate of drug-likeness (QED) is 0.818. The molecule has 124 valence electrons. The third kappa shape index (κ3) is 4.48. The van der Waals surface area contributed by atoms with Gasteiger partial charge >= 0.3 is 6.09 Å². The summed E-state index contributed by atoms with van der Waals surface area (Å²) in [5.74, 6) is -0.703. The Morgan fingerprint density at radius 1 is 1.50 bits per heavy atom. The molecule has 0 aromatic heterocycles. The first kappa shape index (κ1) is 18.5. The molecule has 1 atom stereocenters. The lowest BCUT2D eigenvalue weighted by molar-refractivity contribution is 0.163. The van der Waals surface area contributed by atoms with Gasteiger partial charge < -0.3 is 14.7 Å². The molecule has 1 rings (SSSR count). The highest BCUT2D eigenvalue weighted by atomic mass is 35.5. The number of carbonyl (C=O) groups is 1. The Bertz CT molecular complexity index is 521. The van der Waals surface area contributed by atoms with Gasteiger partial charge in [0.25, 0.3) is 0 Å². The highest BCUT2D eigenvalue weighted by Gasteiger charge is 2.27. The maximum Gasteiger partial charge on any atom is 0.411 e. The summed E-state index contributed by atoms with van der Waals surface area (Å²) in [5.41, 5.74) is -0.178. The zero-order valence-corrected chi connectivity index (χ0v) is 14.2. The number of anilines is 2. The molecule has 0 aliphatic rings. The topological polar surface area (TPSA) is 61.8 Å². The minimum absolute atomic E-state index is 0.0259. The second-order valence-corrected chi connectivity index (χ2v) is 6.21. The summed E-state index contributed by atoms with van der Waals surface area (Å²) in [6.45, 7) is 9.05. The Balaban J connectivity index is 3.20. The number of amides is 1. The first-order valence-corrected chi connectivity index (χ1v) is 7.36. The fourth-order valence-corrected chi connectivity index (χ4v) is 2.50. The van der Waals surface area contributed by atoms with Crippen LogP contribution in [0.25, 0.3) is 0 Å². The van der Waals surface area contributed by atoms with Crippen LogP contribution in [0.3, 0.4) is 0 Å². The molecule has 0 heterocycles. The maximum absolute atomic E-state index is 14.3. The number of ether oxygens (including phenoxy) is 1. The van der Waals surface area contributed by atoms with Gasteiger partial charge in [0.2, 0.25) is 0 Å². The number of carbonyl (C=O) groups excluding carboxylic acids is 1. The number of hydrogen-bond donors (Lipinski definition) is 2. The van der Waals surface area contributed by atoms with E-state index in [9.17, 15) is 14.3 Å². The van der Waals surface area contributed by atoms with Crippen LogP contribution < -0.4 is 10.2 Å². The van der Waals surface area contributed by atoms with Gasteiger partial charge in [0.1, 0.15) is 12.0 Å². The van der Waals surface area contributed by atoms with Gasteiger partial charge in [0.05, 0.1) is 17.3 Å². The minimum atomic E-state index is -0.834. The van der Waals surface area contributed by atoms with Gasteiger partial charge in [-0.3, -0.25) is 5.32 Å². The van der Waals surface area contributed by atoms with Gasteiger partial charge in [-0.2, -0.15) is 0 Å². The van der Waals surface area contributed by atoms with Crippen LogP contribution in [0, 0.1) is 5.82 Å². The number of aliphatic hydroxyl groups excluding tert-OH is 1. The van der Waals surface area contributed by atoms with E-state index in [0.29, 0.717) is 5.69 Å². The molecule has 1 amide bonds. The smallest absolute Gasteiger partial charge is 0.411 e.